The fraction of sp³-hybridized carbons (Fsp3) is 0.115. The number of rotatable bonds is 7. The summed E-state index contributed by atoms with van der Waals surface area (Å²) in [6, 6.07) is 20.5. The van der Waals surface area contributed by atoms with E-state index in [0.717, 1.165) is 10.5 Å². The monoisotopic (exact) mass is 473 g/mol. The van der Waals surface area contributed by atoms with E-state index in [1.165, 1.54) is 0 Å². The van der Waals surface area contributed by atoms with Crippen LogP contribution in [0.2, 0.25) is 5.02 Å². The number of nitrogens with zero attached hydrogens (tertiary/aromatic N) is 2. The summed E-state index contributed by atoms with van der Waals surface area (Å²) in [5, 5.41) is 12.4. The van der Waals surface area contributed by atoms with Crippen molar-refractivity contribution in [2.75, 3.05) is 11.5 Å². The molecule has 170 valence electrons. The fourth-order valence-electron chi connectivity index (χ4n) is 3.44. The highest BCUT2D eigenvalue weighted by molar-refractivity contribution is 6.31. The van der Waals surface area contributed by atoms with Gasteiger partial charge < -0.3 is 14.8 Å². The van der Waals surface area contributed by atoms with Crippen molar-refractivity contribution in [1.82, 2.24) is 5.32 Å². The largest absolute Gasteiger partial charge is 0.490 e. The molecule has 1 N–H and O–H groups in total. The van der Waals surface area contributed by atoms with E-state index >= 15 is 0 Å². The maximum atomic E-state index is 12.9. The predicted molar refractivity (Wildman–Crippen MR) is 129 cm³/mol. The highest BCUT2D eigenvalue weighted by Crippen LogP contribution is 2.31. The van der Waals surface area contributed by atoms with Gasteiger partial charge in [-0.2, -0.15) is 5.26 Å². The zero-order chi connectivity index (χ0) is 24.1. The van der Waals surface area contributed by atoms with Crippen LogP contribution >= 0.6 is 11.6 Å². The highest BCUT2D eigenvalue weighted by atomic mass is 35.5. The quantitative estimate of drug-likeness (QED) is 0.372. The summed E-state index contributed by atoms with van der Waals surface area (Å²) in [6.45, 7) is 2.46. The van der Waals surface area contributed by atoms with Gasteiger partial charge in [0.2, 0.25) is 0 Å². The first-order valence-electron chi connectivity index (χ1n) is 10.5. The molecule has 0 atom stereocenters. The van der Waals surface area contributed by atoms with Crippen LogP contribution in [0.15, 0.2) is 72.4 Å². The molecule has 3 aromatic rings. The third kappa shape index (κ3) is 4.87. The molecule has 0 radical (unpaired) electrons. The molecule has 0 unspecified atom stereocenters. The van der Waals surface area contributed by atoms with Crippen molar-refractivity contribution in [3.8, 4) is 17.6 Å². The van der Waals surface area contributed by atoms with Crippen molar-refractivity contribution in [1.29, 1.82) is 5.26 Å². The standard InChI is InChI=1S/C26H20ClN3O4/c1-2-33-24-14-17(7-12-23(24)34-16-19-6-4-3-5-18(19)15-28)13-22-25(31)30(26(32)29-22)21-10-8-20(27)9-11-21/h3-14H,2,16H2,1H3,(H,29,32)/b22-13+. The van der Waals surface area contributed by atoms with E-state index in [0.29, 0.717) is 39.9 Å². The minimum absolute atomic E-state index is 0.138. The first-order chi connectivity index (χ1) is 16.5. The van der Waals surface area contributed by atoms with E-state index in [2.05, 4.69) is 11.4 Å². The smallest absolute Gasteiger partial charge is 0.333 e. The van der Waals surface area contributed by atoms with Crippen LogP contribution in [0.1, 0.15) is 23.6 Å². The Morgan fingerprint density at radius 2 is 1.79 bits per heavy atom. The lowest BCUT2D eigenvalue weighted by atomic mass is 10.1. The summed E-state index contributed by atoms with van der Waals surface area (Å²) in [5.74, 6) is 0.512. The molecule has 1 heterocycles. The van der Waals surface area contributed by atoms with Gasteiger partial charge in [-0.3, -0.25) is 4.79 Å². The molecule has 1 aliphatic rings. The molecule has 3 amide bonds. The third-order valence-electron chi connectivity index (χ3n) is 5.06. The number of hydrogen-bond donors (Lipinski definition) is 1. The highest BCUT2D eigenvalue weighted by Gasteiger charge is 2.34. The molecule has 4 rings (SSSR count). The number of ether oxygens (including phenoxy) is 2. The van der Waals surface area contributed by atoms with Crippen LogP contribution in [0.4, 0.5) is 10.5 Å². The lowest BCUT2D eigenvalue weighted by molar-refractivity contribution is -0.113. The normalized spacial score (nSPS) is 14.1. The van der Waals surface area contributed by atoms with Crippen LogP contribution in [0.25, 0.3) is 6.08 Å². The van der Waals surface area contributed by atoms with Crippen molar-refractivity contribution in [3.05, 3.63) is 94.1 Å². The zero-order valence-electron chi connectivity index (χ0n) is 18.2. The Morgan fingerprint density at radius 1 is 1.03 bits per heavy atom. The first-order valence-corrected chi connectivity index (χ1v) is 10.9. The van der Waals surface area contributed by atoms with Gasteiger partial charge in [0, 0.05) is 10.6 Å². The molecule has 1 fully saturated rings. The summed E-state index contributed by atoms with van der Waals surface area (Å²) >= 11 is 5.90. The van der Waals surface area contributed by atoms with E-state index in [1.54, 1.807) is 60.7 Å². The number of benzene rings is 3. The van der Waals surface area contributed by atoms with Gasteiger partial charge in [0.15, 0.2) is 11.5 Å². The lowest BCUT2D eigenvalue weighted by Gasteiger charge is -2.13. The van der Waals surface area contributed by atoms with Gasteiger partial charge in [0.25, 0.3) is 5.91 Å². The van der Waals surface area contributed by atoms with Crippen LogP contribution in [0, 0.1) is 11.3 Å². The molecule has 0 spiro atoms. The molecule has 0 aromatic heterocycles. The predicted octanol–water partition coefficient (Wildman–Crippen LogP) is 5.29. The molecule has 0 saturated carbocycles. The summed E-state index contributed by atoms with van der Waals surface area (Å²) in [5.41, 5.74) is 2.52. The number of imide groups is 1. The summed E-state index contributed by atoms with van der Waals surface area (Å²) in [4.78, 5) is 26.3. The van der Waals surface area contributed by atoms with Gasteiger partial charge in [-0.15, -0.1) is 0 Å². The Hall–Kier alpha value is -4.28. The maximum absolute atomic E-state index is 12.9. The molecule has 0 bridgehead atoms. The van der Waals surface area contributed by atoms with E-state index in [9.17, 15) is 14.9 Å². The topological polar surface area (TPSA) is 91.7 Å². The van der Waals surface area contributed by atoms with Gasteiger partial charge in [0.1, 0.15) is 12.3 Å². The van der Waals surface area contributed by atoms with Crippen molar-refractivity contribution < 1.29 is 19.1 Å². The molecule has 1 saturated heterocycles. The van der Waals surface area contributed by atoms with Gasteiger partial charge in [-0.1, -0.05) is 35.9 Å². The van der Waals surface area contributed by atoms with Crippen molar-refractivity contribution in [3.63, 3.8) is 0 Å². The Kier molecular flexibility index (Phi) is 6.81. The molecular formula is C26H20ClN3O4. The van der Waals surface area contributed by atoms with Gasteiger partial charge >= 0.3 is 6.03 Å². The Labute approximate surface area is 201 Å². The number of hydrogen-bond acceptors (Lipinski definition) is 5. The van der Waals surface area contributed by atoms with Crippen LogP contribution in [-0.2, 0) is 11.4 Å². The van der Waals surface area contributed by atoms with Crippen LogP contribution in [-0.4, -0.2) is 18.5 Å². The first kappa shape index (κ1) is 22.9. The lowest BCUT2D eigenvalue weighted by Crippen LogP contribution is -2.30. The molecule has 8 heteroatoms. The van der Waals surface area contributed by atoms with E-state index in [4.69, 9.17) is 21.1 Å². The number of halogens is 1. The number of nitriles is 1. The number of carbonyl (C=O) groups is 2. The molecule has 34 heavy (non-hydrogen) atoms. The van der Waals surface area contributed by atoms with Crippen LogP contribution in [0.3, 0.4) is 0 Å². The Morgan fingerprint density at radius 3 is 2.53 bits per heavy atom. The average molecular weight is 474 g/mol. The Balaban J connectivity index is 1.56. The second kappa shape index (κ2) is 10.1. The minimum atomic E-state index is -0.542. The third-order valence-corrected chi connectivity index (χ3v) is 5.31. The number of carbonyl (C=O) groups excluding carboxylic acids is 2. The molecule has 3 aromatic carbocycles. The number of nitrogens with one attached hydrogen (secondary N) is 1. The van der Waals surface area contributed by atoms with Crippen molar-refractivity contribution >= 4 is 35.3 Å². The van der Waals surface area contributed by atoms with Crippen molar-refractivity contribution in [2.45, 2.75) is 13.5 Å². The maximum Gasteiger partial charge on any atom is 0.333 e. The molecule has 7 nitrogen and oxygen atoms in total. The van der Waals surface area contributed by atoms with Crippen molar-refractivity contribution in [2.24, 2.45) is 0 Å². The second-order valence-electron chi connectivity index (χ2n) is 7.30. The van der Waals surface area contributed by atoms with Gasteiger partial charge in [0.05, 0.1) is 23.9 Å². The summed E-state index contributed by atoms with van der Waals surface area (Å²) in [6.07, 6.45) is 1.58. The van der Waals surface area contributed by atoms with Crippen LogP contribution < -0.4 is 19.7 Å². The molecule has 0 aliphatic carbocycles. The number of urea groups is 1. The average Bonchev–Trinajstić information content (AvgIpc) is 3.12. The van der Waals surface area contributed by atoms with Gasteiger partial charge in [-0.25, -0.2) is 9.69 Å². The Bertz CT molecular complexity index is 1310. The zero-order valence-corrected chi connectivity index (χ0v) is 19.0. The number of amides is 3. The molecular weight excluding hydrogens is 454 g/mol. The van der Waals surface area contributed by atoms with E-state index in [-0.39, 0.29) is 12.3 Å². The summed E-state index contributed by atoms with van der Waals surface area (Å²) < 4.78 is 11.6. The number of anilines is 1. The van der Waals surface area contributed by atoms with E-state index in [1.807, 2.05) is 19.1 Å². The van der Waals surface area contributed by atoms with Crippen LogP contribution in [0.5, 0.6) is 11.5 Å². The second-order valence-corrected chi connectivity index (χ2v) is 7.74. The summed E-state index contributed by atoms with van der Waals surface area (Å²) in [7, 11) is 0. The van der Waals surface area contributed by atoms with Gasteiger partial charge in [-0.05, 0) is 61.0 Å². The molecule has 1 aliphatic heterocycles. The van der Waals surface area contributed by atoms with E-state index < -0.39 is 11.9 Å². The SMILES string of the molecule is CCOc1cc(/C=C2/NC(=O)N(c3ccc(Cl)cc3)C2=O)ccc1OCc1ccccc1C#N. The minimum Gasteiger partial charge on any atom is -0.490 e. The fourth-order valence-corrected chi connectivity index (χ4v) is 3.57.